The van der Waals surface area contributed by atoms with Gasteiger partial charge in [0.1, 0.15) is 5.82 Å². The summed E-state index contributed by atoms with van der Waals surface area (Å²) in [5.41, 5.74) is 0.810. The first-order valence-corrected chi connectivity index (χ1v) is 4.47. The molecule has 0 saturated carbocycles. The van der Waals surface area contributed by atoms with Gasteiger partial charge < -0.3 is 5.11 Å². The van der Waals surface area contributed by atoms with Crippen molar-refractivity contribution in [3.05, 3.63) is 35.8 Å². The summed E-state index contributed by atoms with van der Waals surface area (Å²) in [6, 6.07) is 3.90. The Hall–Kier alpha value is -2.24. The quantitative estimate of drug-likeness (QED) is 0.830. The average Bonchev–Trinajstić information content (AvgIpc) is 2.63. The topological polar surface area (TPSA) is 68.0 Å². The molecule has 0 atom stereocenters. The van der Waals surface area contributed by atoms with Crippen molar-refractivity contribution in [1.82, 2.24) is 15.0 Å². The summed E-state index contributed by atoms with van der Waals surface area (Å²) in [5, 5.41) is 16.0. The number of hydrogen-bond acceptors (Lipinski definition) is 3. The van der Waals surface area contributed by atoms with Crippen LogP contribution >= 0.6 is 0 Å². The molecule has 0 aliphatic rings. The molecule has 1 N–H and O–H groups in total. The number of carboxylic acids is 1. The highest BCUT2D eigenvalue weighted by Crippen LogP contribution is 2.20. The van der Waals surface area contributed by atoms with E-state index in [1.54, 1.807) is 7.05 Å². The second kappa shape index (κ2) is 3.73. The zero-order valence-electron chi connectivity index (χ0n) is 8.38. The summed E-state index contributed by atoms with van der Waals surface area (Å²) in [7, 11) is 1.67. The Bertz CT molecular complexity index is 551. The maximum Gasteiger partial charge on any atom is 0.338 e. The van der Waals surface area contributed by atoms with E-state index in [0.717, 1.165) is 6.07 Å². The van der Waals surface area contributed by atoms with Crippen molar-refractivity contribution >= 4 is 5.97 Å². The van der Waals surface area contributed by atoms with E-state index in [1.807, 2.05) is 0 Å². The number of nitrogens with zero attached hydrogens (tertiary/aromatic N) is 3. The van der Waals surface area contributed by atoms with Crippen LogP contribution in [0.5, 0.6) is 0 Å². The molecule has 6 heteroatoms. The number of halogens is 1. The van der Waals surface area contributed by atoms with Gasteiger partial charge in [-0.15, -0.1) is 5.10 Å². The zero-order chi connectivity index (χ0) is 11.7. The molecule has 0 amide bonds. The van der Waals surface area contributed by atoms with E-state index in [9.17, 15) is 9.18 Å². The lowest BCUT2D eigenvalue weighted by molar-refractivity contribution is 0.0692. The van der Waals surface area contributed by atoms with Gasteiger partial charge in [0.2, 0.25) is 0 Å². The van der Waals surface area contributed by atoms with Crippen molar-refractivity contribution in [3.8, 4) is 11.3 Å². The molecule has 82 valence electrons. The Kier molecular flexibility index (Phi) is 2.40. The first-order valence-electron chi connectivity index (χ1n) is 4.47. The Labute approximate surface area is 90.1 Å². The number of aromatic carboxylic acids is 1. The van der Waals surface area contributed by atoms with E-state index in [0.29, 0.717) is 11.3 Å². The largest absolute Gasteiger partial charge is 0.478 e. The fourth-order valence-electron chi connectivity index (χ4n) is 1.40. The average molecular weight is 221 g/mol. The van der Waals surface area contributed by atoms with Crippen LogP contribution in [0.25, 0.3) is 11.3 Å². The molecular formula is C10H8FN3O2. The Morgan fingerprint density at radius 1 is 1.50 bits per heavy atom. The van der Waals surface area contributed by atoms with Crippen LogP contribution in [-0.2, 0) is 7.05 Å². The molecular weight excluding hydrogens is 213 g/mol. The van der Waals surface area contributed by atoms with Crippen LogP contribution in [-0.4, -0.2) is 26.1 Å². The number of benzene rings is 1. The van der Waals surface area contributed by atoms with Crippen LogP contribution in [0, 0.1) is 5.82 Å². The summed E-state index contributed by atoms with van der Waals surface area (Å²) in [6.07, 6.45) is 1.48. The third-order valence-corrected chi connectivity index (χ3v) is 2.21. The van der Waals surface area contributed by atoms with Crippen LogP contribution in [0.3, 0.4) is 0 Å². The van der Waals surface area contributed by atoms with Crippen molar-refractivity contribution in [1.29, 1.82) is 0 Å². The van der Waals surface area contributed by atoms with Gasteiger partial charge in [0.05, 0.1) is 17.5 Å². The summed E-state index contributed by atoms with van der Waals surface area (Å²) in [4.78, 5) is 10.6. The third-order valence-electron chi connectivity index (χ3n) is 2.21. The van der Waals surface area contributed by atoms with Gasteiger partial charge in [0.15, 0.2) is 0 Å². The molecule has 0 aliphatic carbocycles. The number of rotatable bonds is 2. The van der Waals surface area contributed by atoms with E-state index in [1.165, 1.54) is 23.0 Å². The maximum absolute atomic E-state index is 13.4. The van der Waals surface area contributed by atoms with Crippen molar-refractivity contribution < 1.29 is 14.3 Å². The van der Waals surface area contributed by atoms with Gasteiger partial charge in [-0.25, -0.2) is 13.9 Å². The van der Waals surface area contributed by atoms with Crippen molar-refractivity contribution in [2.45, 2.75) is 0 Å². The van der Waals surface area contributed by atoms with Crippen molar-refractivity contribution in [2.75, 3.05) is 0 Å². The number of aromatic nitrogens is 3. The number of hydrogen-bond donors (Lipinski definition) is 1. The molecule has 1 heterocycles. The first-order chi connectivity index (χ1) is 7.59. The minimum Gasteiger partial charge on any atom is -0.478 e. The van der Waals surface area contributed by atoms with Crippen LogP contribution < -0.4 is 0 Å². The van der Waals surface area contributed by atoms with Crippen LogP contribution in [0.2, 0.25) is 0 Å². The second-order valence-electron chi connectivity index (χ2n) is 3.24. The number of carboxylic acid groups (broad SMARTS) is 1. The molecule has 1 aromatic carbocycles. The van der Waals surface area contributed by atoms with E-state index in [-0.39, 0.29) is 5.56 Å². The van der Waals surface area contributed by atoms with Gasteiger partial charge in [-0.3, -0.25) is 0 Å². The zero-order valence-corrected chi connectivity index (χ0v) is 8.38. The van der Waals surface area contributed by atoms with Gasteiger partial charge in [-0.05, 0) is 12.1 Å². The minimum absolute atomic E-state index is 0.348. The Balaban J connectivity index is 2.50. The molecule has 1 aromatic heterocycles. The van der Waals surface area contributed by atoms with Crippen LogP contribution in [0.15, 0.2) is 24.4 Å². The first kappa shape index (κ1) is 10.3. The molecule has 0 radical (unpaired) electrons. The lowest BCUT2D eigenvalue weighted by Gasteiger charge is -2.02. The molecule has 2 aromatic rings. The van der Waals surface area contributed by atoms with Gasteiger partial charge >= 0.3 is 5.97 Å². The minimum atomic E-state index is -1.29. The van der Waals surface area contributed by atoms with Gasteiger partial charge in [-0.1, -0.05) is 11.3 Å². The van der Waals surface area contributed by atoms with Crippen LogP contribution in [0.4, 0.5) is 4.39 Å². The molecule has 0 spiro atoms. The molecule has 0 saturated heterocycles. The van der Waals surface area contributed by atoms with Crippen LogP contribution in [0.1, 0.15) is 10.4 Å². The standard InChI is InChI=1S/C10H8FN3O2/c1-14-9(5-12-13-14)6-2-3-7(10(15)16)8(11)4-6/h2-5H,1H3,(H,15,16). The van der Waals surface area contributed by atoms with Gasteiger partial charge in [-0.2, -0.15) is 0 Å². The predicted molar refractivity (Wildman–Crippen MR) is 53.4 cm³/mol. The van der Waals surface area contributed by atoms with E-state index < -0.39 is 11.8 Å². The molecule has 0 bridgehead atoms. The Morgan fingerprint density at radius 3 is 2.75 bits per heavy atom. The maximum atomic E-state index is 13.4. The molecule has 0 fully saturated rings. The highest BCUT2D eigenvalue weighted by molar-refractivity contribution is 5.88. The smallest absolute Gasteiger partial charge is 0.338 e. The fraction of sp³-hybridized carbons (Fsp3) is 0.100. The summed E-state index contributed by atoms with van der Waals surface area (Å²) in [5.74, 6) is -2.06. The van der Waals surface area contributed by atoms with Gasteiger partial charge in [0, 0.05) is 12.6 Å². The summed E-state index contributed by atoms with van der Waals surface area (Å²) in [6.45, 7) is 0. The predicted octanol–water partition coefficient (Wildman–Crippen LogP) is 1.32. The lowest BCUT2D eigenvalue weighted by atomic mass is 10.1. The molecule has 0 unspecified atom stereocenters. The van der Waals surface area contributed by atoms with Crippen molar-refractivity contribution in [3.63, 3.8) is 0 Å². The second-order valence-corrected chi connectivity index (χ2v) is 3.24. The summed E-state index contributed by atoms with van der Waals surface area (Å²) < 4.78 is 14.9. The monoisotopic (exact) mass is 221 g/mol. The lowest BCUT2D eigenvalue weighted by Crippen LogP contribution is -2.01. The molecule has 0 aliphatic heterocycles. The fourth-order valence-corrected chi connectivity index (χ4v) is 1.40. The molecule has 2 rings (SSSR count). The van der Waals surface area contributed by atoms with E-state index >= 15 is 0 Å². The molecule has 16 heavy (non-hydrogen) atoms. The molecule has 5 nitrogen and oxygen atoms in total. The Morgan fingerprint density at radius 2 is 2.25 bits per heavy atom. The van der Waals surface area contributed by atoms with E-state index in [2.05, 4.69) is 10.3 Å². The summed E-state index contributed by atoms with van der Waals surface area (Å²) >= 11 is 0. The third kappa shape index (κ3) is 1.65. The highest BCUT2D eigenvalue weighted by Gasteiger charge is 2.12. The number of carbonyl (C=O) groups is 1. The SMILES string of the molecule is Cn1nncc1-c1ccc(C(=O)O)c(F)c1. The van der Waals surface area contributed by atoms with E-state index in [4.69, 9.17) is 5.11 Å². The van der Waals surface area contributed by atoms with Gasteiger partial charge in [0.25, 0.3) is 0 Å². The van der Waals surface area contributed by atoms with Crippen molar-refractivity contribution in [2.24, 2.45) is 7.05 Å². The number of aryl methyl sites for hydroxylation is 1. The normalized spacial score (nSPS) is 10.4. The highest BCUT2D eigenvalue weighted by atomic mass is 19.1.